The Labute approximate surface area is 87.1 Å². The summed E-state index contributed by atoms with van der Waals surface area (Å²) in [6, 6.07) is 0. The Morgan fingerprint density at radius 2 is 1.93 bits per heavy atom. The van der Waals surface area contributed by atoms with Crippen LogP contribution in [-0.2, 0) is 12.8 Å². The second kappa shape index (κ2) is 5.84. The highest BCUT2D eigenvalue weighted by atomic mass is 14.9. The summed E-state index contributed by atoms with van der Waals surface area (Å²) in [6.45, 7) is 6.51. The van der Waals surface area contributed by atoms with Gasteiger partial charge in [-0.05, 0) is 19.8 Å². The van der Waals surface area contributed by atoms with Crippen LogP contribution >= 0.6 is 0 Å². The number of hydrogen-bond donors (Lipinski definition) is 1. The summed E-state index contributed by atoms with van der Waals surface area (Å²) in [7, 11) is 0. The van der Waals surface area contributed by atoms with Crippen molar-refractivity contribution in [2.75, 3.05) is 0 Å². The van der Waals surface area contributed by atoms with Crippen LogP contribution in [0, 0.1) is 6.92 Å². The largest absolute Gasteiger partial charge is 0.346 e. The molecule has 1 aromatic heterocycles. The lowest BCUT2D eigenvalue weighted by Gasteiger charge is -1.97. The first-order chi connectivity index (χ1) is 6.77. The molecular weight excluding hydrogens is 172 g/mol. The molecule has 2 nitrogen and oxygen atoms in total. The maximum absolute atomic E-state index is 4.57. The topological polar surface area (TPSA) is 28.7 Å². The van der Waals surface area contributed by atoms with E-state index < -0.39 is 0 Å². The number of H-pyrrole nitrogens is 1. The Morgan fingerprint density at radius 1 is 1.14 bits per heavy atom. The van der Waals surface area contributed by atoms with E-state index in [1.165, 1.54) is 37.1 Å². The third-order valence-electron chi connectivity index (χ3n) is 2.64. The van der Waals surface area contributed by atoms with E-state index in [0.29, 0.717) is 0 Å². The van der Waals surface area contributed by atoms with Crippen molar-refractivity contribution in [2.24, 2.45) is 0 Å². The van der Waals surface area contributed by atoms with Gasteiger partial charge in [0.1, 0.15) is 5.82 Å². The van der Waals surface area contributed by atoms with Crippen molar-refractivity contribution in [3.63, 3.8) is 0 Å². The molecule has 0 amide bonds. The predicted octanol–water partition coefficient (Wildman–Crippen LogP) is 3.40. The summed E-state index contributed by atoms with van der Waals surface area (Å²) in [5.74, 6) is 1.13. The van der Waals surface area contributed by atoms with Crippen LogP contribution in [0.5, 0.6) is 0 Å². The van der Waals surface area contributed by atoms with Crippen LogP contribution in [0.2, 0.25) is 0 Å². The SMILES string of the molecule is CCCCCCc1nc(CC)[nH]c1C. The lowest BCUT2D eigenvalue weighted by molar-refractivity contribution is 0.660. The molecule has 0 fully saturated rings. The fourth-order valence-electron chi connectivity index (χ4n) is 1.69. The van der Waals surface area contributed by atoms with Gasteiger partial charge < -0.3 is 4.98 Å². The Kier molecular flexibility index (Phi) is 4.71. The standard InChI is InChI=1S/C12H22N2/c1-4-6-7-8-9-11-10(3)13-12(5-2)14-11/h4-9H2,1-3H3,(H,13,14). The maximum atomic E-state index is 4.57. The van der Waals surface area contributed by atoms with E-state index in [4.69, 9.17) is 0 Å². The van der Waals surface area contributed by atoms with E-state index in [1.807, 2.05) is 0 Å². The average Bonchev–Trinajstić information content (AvgIpc) is 2.54. The van der Waals surface area contributed by atoms with Gasteiger partial charge in [0.05, 0.1) is 5.69 Å². The highest BCUT2D eigenvalue weighted by Gasteiger charge is 2.04. The molecule has 0 aliphatic heterocycles. The van der Waals surface area contributed by atoms with Gasteiger partial charge >= 0.3 is 0 Å². The molecule has 2 heteroatoms. The summed E-state index contributed by atoms with van der Waals surface area (Å²) in [5.41, 5.74) is 2.54. The quantitative estimate of drug-likeness (QED) is 0.691. The Bertz CT molecular complexity index is 263. The van der Waals surface area contributed by atoms with E-state index in [2.05, 4.69) is 30.7 Å². The minimum Gasteiger partial charge on any atom is -0.346 e. The number of rotatable bonds is 6. The predicted molar refractivity (Wildman–Crippen MR) is 60.5 cm³/mol. The van der Waals surface area contributed by atoms with Crippen molar-refractivity contribution in [2.45, 2.75) is 59.3 Å². The lowest BCUT2D eigenvalue weighted by Crippen LogP contribution is -1.89. The Morgan fingerprint density at radius 3 is 2.50 bits per heavy atom. The first-order valence-electron chi connectivity index (χ1n) is 5.82. The molecule has 0 aliphatic carbocycles. The van der Waals surface area contributed by atoms with Gasteiger partial charge in [0.2, 0.25) is 0 Å². The number of nitrogens with one attached hydrogen (secondary N) is 1. The first kappa shape index (κ1) is 11.3. The van der Waals surface area contributed by atoms with Crippen LogP contribution in [0.25, 0.3) is 0 Å². The highest BCUT2D eigenvalue weighted by molar-refractivity contribution is 5.13. The van der Waals surface area contributed by atoms with Gasteiger partial charge in [0, 0.05) is 12.1 Å². The third kappa shape index (κ3) is 3.17. The van der Waals surface area contributed by atoms with Gasteiger partial charge in [-0.1, -0.05) is 33.1 Å². The Balaban J connectivity index is 2.38. The molecule has 0 atom stereocenters. The molecule has 0 radical (unpaired) electrons. The average molecular weight is 194 g/mol. The second-order valence-electron chi connectivity index (χ2n) is 3.92. The van der Waals surface area contributed by atoms with E-state index in [-0.39, 0.29) is 0 Å². The number of aromatic amines is 1. The van der Waals surface area contributed by atoms with Crippen molar-refractivity contribution in [1.82, 2.24) is 9.97 Å². The molecule has 0 saturated heterocycles. The third-order valence-corrected chi connectivity index (χ3v) is 2.64. The van der Waals surface area contributed by atoms with Gasteiger partial charge in [-0.15, -0.1) is 0 Å². The van der Waals surface area contributed by atoms with Crippen LogP contribution in [0.15, 0.2) is 0 Å². The van der Waals surface area contributed by atoms with Gasteiger partial charge in [-0.25, -0.2) is 4.98 Å². The summed E-state index contributed by atoms with van der Waals surface area (Å²) in [4.78, 5) is 7.89. The number of aryl methyl sites for hydroxylation is 3. The van der Waals surface area contributed by atoms with Crippen LogP contribution in [0.3, 0.4) is 0 Å². The van der Waals surface area contributed by atoms with E-state index in [1.54, 1.807) is 0 Å². The fourth-order valence-corrected chi connectivity index (χ4v) is 1.69. The fraction of sp³-hybridized carbons (Fsp3) is 0.750. The van der Waals surface area contributed by atoms with E-state index in [0.717, 1.165) is 18.7 Å². The summed E-state index contributed by atoms with van der Waals surface area (Å²) in [5, 5.41) is 0. The minimum absolute atomic E-state index is 1.01. The highest BCUT2D eigenvalue weighted by Crippen LogP contribution is 2.10. The molecule has 0 aliphatic rings. The molecule has 0 aromatic carbocycles. The summed E-state index contributed by atoms with van der Waals surface area (Å²) < 4.78 is 0. The maximum Gasteiger partial charge on any atom is 0.106 e. The van der Waals surface area contributed by atoms with E-state index in [9.17, 15) is 0 Å². The number of hydrogen-bond acceptors (Lipinski definition) is 1. The minimum atomic E-state index is 1.01. The zero-order valence-electron chi connectivity index (χ0n) is 9.69. The molecule has 1 N–H and O–H groups in total. The van der Waals surface area contributed by atoms with E-state index >= 15 is 0 Å². The van der Waals surface area contributed by atoms with Crippen LogP contribution in [0.4, 0.5) is 0 Å². The van der Waals surface area contributed by atoms with Crippen LogP contribution in [0.1, 0.15) is 56.7 Å². The summed E-state index contributed by atoms with van der Waals surface area (Å²) in [6.07, 6.45) is 7.43. The normalized spacial score (nSPS) is 10.8. The van der Waals surface area contributed by atoms with Crippen molar-refractivity contribution in [3.05, 3.63) is 17.2 Å². The second-order valence-corrected chi connectivity index (χ2v) is 3.92. The zero-order chi connectivity index (χ0) is 10.4. The molecule has 0 spiro atoms. The lowest BCUT2D eigenvalue weighted by atomic mass is 10.1. The molecular formula is C12H22N2. The zero-order valence-corrected chi connectivity index (χ0v) is 9.69. The van der Waals surface area contributed by atoms with Crippen LogP contribution in [-0.4, -0.2) is 9.97 Å². The van der Waals surface area contributed by atoms with Gasteiger partial charge in [-0.2, -0.15) is 0 Å². The molecule has 0 bridgehead atoms. The van der Waals surface area contributed by atoms with Crippen molar-refractivity contribution >= 4 is 0 Å². The number of imidazole rings is 1. The smallest absolute Gasteiger partial charge is 0.106 e. The Hall–Kier alpha value is -0.790. The number of aromatic nitrogens is 2. The molecule has 0 unspecified atom stereocenters. The van der Waals surface area contributed by atoms with Crippen LogP contribution < -0.4 is 0 Å². The molecule has 1 heterocycles. The monoisotopic (exact) mass is 194 g/mol. The van der Waals surface area contributed by atoms with Crippen molar-refractivity contribution in [1.29, 1.82) is 0 Å². The number of unbranched alkanes of at least 4 members (excludes halogenated alkanes) is 3. The molecule has 80 valence electrons. The van der Waals surface area contributed by atoms with Gasteiger partial charge in [-0.3, -0.25) is 0 Å². The van der Waals surface area contributed by atoms with Crippen molar-refractivity contribution < 1.29 is 0 Å². The van der Waals surface area contributed by atoms with Gasteiger partial charge in [0.25, 0.3) is 0 Å². The molecule has 14 heavy (non-hydrogen) atoms. The number of nitrogens with zero attached hydrogens (tertiary/aromatic N) is 1. The van der Waals surface area contributed by atoms with Gasteiger partial charge in [0.15, 0.2) is 0 Å². The molecule has 0 saturated carbocycles. The first-order valence-corrected chi connectivity index (χ1v) is 5.82. The summed E-state index contributed by atoms with van der Waals surface area (Å²) >= 11 is 0. The molecule has 1 rings (SSSR count). The van der Waals surface area contributed by atoms with Crippen molar-refractivity contribution in [3.8, 4) is 0 Å². The molecule has 1 aromatic rings.